The van der Waals surface area contributed by atoms with Crippen LogP contribution < -0.4 is 5.73 Å². The van der Waals surface area contributed by atoms with Crippen LogP contribution in [-0.4, -0.2) is 219 Å². The molecule has 15 heterocycles. The number of carboxylic acid groups (broad SMARTS) is 1. The highest BCUT2D eigenvalue weighted by Crippen LogP contribution is 2.38. The van der Waals surface area contributed by atoms with E-state index >= 15 is 0 Å². The molecule has 5 saturated heterocycles. The van der Waals surface area contributed by atoms with Crippen LogP contribution in [0.3, 0.4) is 0 Å². The maximum atomic E-state index is 11.7. The van der Waals surface area contributed by atoms with Crippen molar-refractivity contribution in [1.82, 2.24) is 71.4 Å². The Balaban J connectivity index is 0.000000110. The van der Waals surface area contributed by atoms with Crippen molar-refractivity contribution in [2.45, 2.75) is 39.0 Å². The number of ether oxygens (including phenoxy) is 5. The second-order valence-electron chi connectivity index (χ2n) is 36.1. The number of aliphatic hydroxyl groups is 1. The summed E-state index contributed by atoms with van der Waals surface area (Å²) >= 11 is 12.8. The number of imidazole rings is 5. The van der Waals surface area contributed by atoms with Crippen molar-refractivity contribution in [1.29, 1.82) is 5.26 Å². The van der Waals surface area contributed by atoms with Gasteiger partial charge in [0.15, 0.2) is 5.69 Å². The summed E-state index contributed by atoms with van der Waals surface area (Å²) in [6.45, 7) is 20.2. The van der Waals surface area contributed by atoms with Crippen LogP contribution in [0.4, 0.5) is 0 Å². The van der Waals surface area contributed by atoms with Crippen molar-refractivity contribution in [3.8, 4) is 107 Å². The third-order valence-corrected chi connectivity index (χ3v) is 27.3. The van der Waals surface area contributed by atoms with Crippen LogP contribution in [0.5, 0.6) is 0 Å². The summed E-state index contributed by atoms with van der Waals surface area (Å²) in [6.07, 6.45) is 9.74. The minimum atomic E-state index is -0.992. The highest BCUT2D eigenvalue weighted by molar-refractivity contribution is 6.33. The molecule has 5 fully saturated rings. The SMILES string of the molecule is Clc1cccc(-c2nc3ccc(-c4ccccc4)cn3c2CN2CCOCC2)c1.Clc1ccccc1-c1nc2ccc(-c3ccccc3)cn2c1CN1CCOCC1.N#Cc1ccc(-c2nc3ccc(-c4ccccc4)cn3c2CN2CCOCC2)cc1.NC(O)c1ccc(-c2nc3ccc(-c4ccccc4)cn3c2CN2CCOCC2)cc1.O=C(O)c1nc2ccc(-c3ccccc3)cn2c1CN1CCOCC1. The number of nitrogens with zero attached hydrogens (tertiary/aromatic N) is 16. The number of benzene rings is 9. The Labute approximate surface area is 846 Å². The second-order valence-corrected chi connectivity index (χ2v) is 36.9. The summed E-state index contributed by atoms with van der Waals surface area (Å²) in [6, 6.07) is 106. The number of nitrogens with two attached hydrogens (primary N) is 1. The molecule has 144 heavy (non-hydrogen) atoms. The number of hydrogen-bond acceptors (Lipinski definition) is 19. The van der Waals surface area contributed by atoms with E-state index in [1.807, 2.05) is 168 Å². The van der Waals surface area contributed by atoms with Gasteiger partial charge in [0.1, 0.15) is 34.5 Å². The number of aromatic carboxylic acids is 1. The van der Waals surface area contributed by atoms with Gasteiger partial charge in [0.2, 0.25) is 0 Å². The maximum Gasteiger partial charge on any atom is 0.356 e. The molecule has 9 aromatic carbocycles. The smallest absolute Gasteiger partial charge is 0.356 e. The molecule has 0 saturated carbocycles. The Morgan fingerprint density at radius 2 is 0.583 bits per heavy atom. The van der Waals surface area contributed by atoms with Crippen LogP contribution in [0.15, 0.2) is 340 Å². The van der Waals surface area contributed by atoms with Crippen LogP contribution in [0, 0.1) is 11.3 Å². The summed E-state index contributed by atoms with van der Waals surface area (Å²) in [5.41, 5.74) is 36.3. The average Bonchev–Trinajstić information content (AvgIpc) is 1.62. The van der Waals surface area contributed by atoms with E-state index in [1.54, 1.807) is 0 Å². The van der Waals surface area contributed by atoms with Gasteiger partial charge in [-0.05, 0) is 152 Å². The zero-order valence-electron chi connectivity index (χ0n) is 79.9. The fraction of sp³-hybridized carbons (Fsp3) is 0.222. The van der Waals surface area contributed by atoms with Gasteiger partial charge in [0.25, 0.3) is 0 Å². The zero-order chi connectivity index (χ0) is 98.0. The molecule has 1 atom stereocenters. The van der Waals surface area contributed by atoms with Crippen molar-refractivity contribution >= 4 is 57.4 Å². The zero-order valence-corrected chi connectivity index (χ0v) is 81.4. The number of halogens is 2. The molecule has 726 valence electrons. The van der Waals surface area contributed by atoms with Crippen molar-refractivity contribution in [2.75, 3.05) is 132 Å². The number of aliphatic hydroxyl groups excluding tert-OH is 1. The molecule has 0 spiro atoms. The molecule has 0 aliphatic carbocycles. The molecule has 0 radical (unpaired) electrons. The fourth-order valence-electron chi connectivity index (χ4n) is 19.0. The van der Waals surface area contributed by atoms with Gasteiger partial charge in [0.05, 0.1) is 134 Å². The lowest BCUT2D eigenvalue weighted by molar-refractivity contribution is 0.0332. The number of nitriles is 1. The molecule has 24 rings (SSSR count). The van der Waals surface area contributed by atoms with Gasteiger partial charge in [-0.3, -0.25) is 24.5 Å². The van der Waals surface area contributed by atoms with Gasteiger partial charge < -0.3 is 61.6 Å². The van der Waals surface area contributed by atoms with Crippen LogP contribution >= 0.6 is 23.2 Å². The number of carboxylic acids is 1. The third kappa shape index (κ3) is 23.0. The van der Waals surface area contributed by atoms with Crippen LogP contribution in [-0.2, 0) is 56.4 Å². The minimum absolute atomic E-state index is 0.122. The van der Waals surface area contributed by atoms with E-state index in [9.17, 15) is 15.0 Å². The van der Waals surface area contributed by atoms with E-state index in [-0.39, 0.29) is 5.69 Å². The molecule has 0 bridgehead atoms. The monoisotopic (exact) mass is 1950 g/mol. The summed E-state index contributed by atoms with van der Waals surface area (Å²) in [5, 5.41) is 29.8. The molecule has 27 heteroatoms. The van der Waals surface area contributed by atoms with Gasteiger partial charge >= 0.3 is 5.97 Å². The van der Waals surface area contributed by atoms with E-state index in [0.717, 1.165) is 261 Å². The lowest BCUT2D eigenvalue weighted by Gasteiger charge is -2.26. The molecule has 4 N–H and O–H groups in total. The first-order valence-electron chi connectivity index (χ1n) is 48.9. The fourth-order valence-corrected chi connectivity index (χ4v) is 19.4. The van der Waals surface area contributed by atoms with E-state index in [2.05, 4.69) is 230 Å². The molecule has 25 nitrogen and oxygen atoms in total. The number of aromatic nitrogens is 10. The molecule has 5 aliphatic rings. The Morgan fingerprint density at radius 1 is 0.312 bits per heavy atom. The van der Waals surface area contributed by atoms with Gasteiger partial charge in [-0.15, -0.1) is 0 Å². The third-order valence-electron chi connectivity index (χ3n) is 26.8. The van der Waals surface area contributed by atoms with Gasteiger partial charge in [-0.2, -0.15) is 5.26 Å². The lowest BCUT2D eigenvalue weighted by Crippen LogP contribution is -2.36. The van der Waals surface area contributed by atoms with Crippen LogP contribution in [0.1, 0.15) is 56.3 Å². The number of hydrogen-bond donors (Lipinski definition) is 3. The number of pyridine rings is 5. The highest BCUT2D eigenvalue weighted by Gasteiger charge is 2.28. The molecule has 0 amide bonds. The molecule has 5 aliphatic heterocycles. The Hall–Kier alpha value is -14.5. The molecular weight excluding hydrogens is 1840 g/mol. The van der Waals surface area contributed by atoms with Crippen LogP contribution in [0.25, 0.3) is 129 Å². The first kappa shape index (κ1) is 97.0. The number of carbonyl (C=O) groups is 1. The minimum Gasteiger partial charge on any atom is -0.476 e. The number of fused-ring (bicyclic) bond motifs is 5. The summed E-state index contributed by atoms with van der Waals surface area (Å²) in [7, 11) is 0. The number of morpholine rings is 5. The van der Waals surface area contributed by atoms with Crippen molar-refractivity contribution < 1.29 is 38.7 Å². The van der Waals surface area contributed by atoms with Gasteiger partial charge in [-0.25, -0.2) is 29.7 Å². The predicted octanol–water partition coefficient (Wildman–Crippen LogP) is 20.7. The van der Waals surface area contributed by atoms with Gasteiger partial charge in [-0.1, -0.05) is 242 Å². The first-order chi connectivity index (χ1) is 70.8. The second kappa shape index (κ2) is 46.3. The maximum absolute atomic E-state index is 11.7. The highest BCUT2D eigenvalue weighted by atomic mass is 35.5. The molecule has 19 aromatic rings. The summed E-state index contributed by atoms with van der Waals surface area (Å²) in [4.78, 5) is 47.7. The topological polar surface area (TPSA) is 256 Å². The van der Waals surface area contributed by atoms with Crippen LogP contribution in [0.2, 0.25) is 10.0 Å². The Kier molecular flexibility index (Phi) is 31.1. The Morgan fingerprint density at radius 3 is 0.896 bits per heavy atom. The van der Waals surface area contributed by atoms with E-state index < -0.39 is 12.2 Å². The van der Waals surface area contributed by atoms with E-state index in [1.165, 1.54) is 39.1 Å². The largest absolute Gasteiger partial charge is 0.476 e. The summed E-state index contributed by atoms with van der Waals surface area (Å²) in [5.74, 6) is -0.992. The molecule has 1 unspecified atom stereocenters. The van der Waals surface area contributed by atoms with Crippen molar-refractivity contribution in [3.05, 3.63) is 396 Å². The van der Waals surface area contributed by atoms with E-state index in [4.69, 9.17) is 77.8 Å². The Bertz CT molecular complexity index is 7620. The summed E-state index contributed by atoms with van der Waals surface area (Å²) < 4.78 is 38.3. The van der Waals surface area contributed by atoms with Crippen molar-refractivity contribution in [3.63, 3.8) is 0 Å². The van der Waals surface area contributed by atoms with Gasteiger partial charge in [0, 0.05) is 156 Å². The van der Waals surface area contributed by atoms with E-state index in [0.29, 0.717) is 42.2 Å². The number of rotatable bonds is 21. The standard InChI is InChI=1S/C25H26N4O2.C25H22N4O.2C24H22ClN3O.C19H19N3O3/c26-25(30)20-8-6-19(7-9-20)24-22(17-28-12-14-31-15-13-28)29-16-21(10-11-23(29)27-24)18-4-2-1-3-5-18;26-16-19-6-8-21(9-7-19)25-23(18-28-12-14-30-15-13-28)29-17-22(10-11-24(29)27-25)20-4-2-1-3-5-20;25-21-9-5-4-8-20(21)24-22(17-27-12-14-29-15-13-27)28-16-19(10-11-23(28)26-24)18-6-2-1-3-7-18;25-21-8-4-7-19(15-21)24-22(17-27-11-13-29-14-12-27)28-16-20(9-10-23(28)26-24)18-5-2-1-3-6-18;23-19(24)18-16(13-21-8-10-25-11-9-21)22-12-15(6-7-17(22)20-18)14-4-2-1-3-5-14/h1-11,16,25,30H,12-15,17,26H2;1-11,17H,12-15,18H2;1-11,16H,12-15,17H2;1-10,15-16H,11-14,17H2;1-7,12H,8-11,13H2,(H,23,24). The normalized spacial score (nSPS) is 15.2. The predicted molar refractivity (Wildman–Crippen MR) is 566 cm³/mol. The molecular formula is C117H111Cl2N17O8. The first-order valence-corrected chi connectivity index (χ1v) is 49.7. The molecule has 10 aromatic heterocycles. The average molecular weight is 1950 g/mol. The van der Waals surface area contributed by atoms with Crippen molar-refractivity contribution in [2.24, 2.45) is 5.73 Å². The lowest BCUT2D eigenvalue weighted by atomic mass is 10.1. The quantitative estimate of drug-likeness (QED) is 0.0565.